The molecule has 0 aliphatic carbocycles. The molecule has 0 aliphatic rings. The number of carbonyl (C=O) groups is 2. The number of nitrogens with zero attached hydrogens (tertiary/aromatic N) is 1. The van der Waals surface area contributed by atoms with Gasteiger partial charge >= 0.3 is 12.0 Å². The van der Waals surface area contributed by atoms with Crippen molar-refractivity contribution >= 4 is 40.9 Å². The van der Waals surface area contributed by atoms with E-state index >= 15 is 0 Å². The molecule has 7 heteroatoms. The summed E-state index contributed by atoms with van der Waals surface area (Å²) in [4.78, 5) is 23.9. The summed E-state index contributed by atoms with van der Waals surface area (Å²) < 4.78 is 0. The van der Waals surface area contributed by atoms with Gasteiger partial charge in [-0.05, 0) is 18.6 Å². The first-order valence-electron chi connectivity index (χ1n) is 5.67. The van der Waals surface area contributed by atoms with Gasteiger partial charge in [-0.15, -0.1) is 0 Å². The number of hydrogen-bond donors (Lipinski definition) is 2. The number of nitrogens with one attached hydrogen (secondary N) is 1. The van der Waals surface area contributed by atoms with Crippen LogP contribution >= 0.6 is 23.2 Å². The molecule has 0 bridgehead atoms. The maximum Gasteiger partial charge on any atom is 0.323 e. The van der Waals surface area contributed by atoms with Gasteiger partial charge in [-0.25, -0.2) is 4.79 Å². The van der Waals surface area contributed by atoms with Crippen molar-refractivity contribution in [2.45, 2.75) is 13.3 Å². The summed E-state index contributed by atoms with van der Waals surface area (Å²) in [7, 11) is 0. The summed E-state index contributed by atoms with van der Waals surface area (Å²) in [6.07, 6.45) is 0.650. The average molecular weight is 305 g/mol. The van der Waals surface area contributed by atoms with E-state index < -0.39 is 12.0 Å². The Kier molecular flexibility index (Phi) is 5.92. The molecule has 0 saturated carbocycles. The Morgan fingerprint density at radius 2 is 1.89 bits per heavy atom. The smallest absolute Gasteiger partial charge is 0.323 e. The Labute approximate surface area is 121 Å². The van der Waals surface area contributed by atoms with Crippen LogP contribution in [0.4, 0.5) is 10.5 Å². The minimum atomic E-state index is -1.08. The lowest BCUT2D eigenvalue weighted by atomic mass is 10.3. The molecule has 0 aliphatic heterocycles. The second-order valence-corrected chi connectivity index (χ2v) is 4.66. The molecule has 0 heterocycles. The van der Waals surface area contributed by atoms with Crippen LogP contribution in [0.25, 0.3) is 0 Å². The summed E-state index contributed by atoms with van der Waals surface area (Å²) in [5, 5.41) is 11.9. The van der Waals surface area contributed by atoms with Crippen LogP contribution in [0.5, 0.6) is 0 Å². The number of benzene rings is 1. The van der Waals surface area contributed by atoms with E-state index in [1.54, 1.807) is 18.2 Å². The Morgan fingerprint density at radius 3 is 2.37 bits per heavy atom. The highest BCUT2D eigenvalue weighted by Crippen LogP contribution is 2.29. The third kappa shape index (κ3) is 4.61. The first kappa shape index (κ1) is 15.6. The van der Waals surface area contributed by atoms with Gasteiger partial charge in [0, 0.05) is 6.54 Å². The van der Waals surface area contributed by atoms with Gasteiger partial charge in [0.25, 0.3) is 0 Å². The highest BCUT2D eigenvalue weighted by atomic mass is 35.5. The molecule has 0 aromatic heterocycles. The number of carbonyl (C=O) groups excluding carboxylic acids is 1. The Balaban J connectivity index is 2.84. The van der Waals surface area contributed by atoms with Crippen molar-refractivity contribution < 1.29 is 14.7 Å². The lowest BCUT2D eigenvalue weighted by molar-refractivity contribution is -0.137. The monoisotopic (exact) mass is 304 g/mol. The molecule has 0 unspecified atom stereocenters. The van der Waals surface area contributed by atoms with E-state index in [1.807, 2.05) is 6.92 Å². The van der Waals surface area contributed by atoms with Gasteiger partial charge in [0.1, 0.15) is 6.54 Å². The number of urea groups is 1. The standard InChI is InChI=1S/C12H14Cl2N2O3/c1-2-6-16(7-10(17)18)12(19)15-11-8(13)4-3-5-9(11)14/h3-5H,2,6-7H2,1H3,(H,15,19)(H,17,18). The highest BCUT2D eigenvalue weighted by molar-refractivity contribution is 6.39. The van der Waals surface area contributed by atoms with Gasteiger partial charge < -0.3 is 15.3 Å². The van der Waals surface area contributed by atoms with Crippen LogP contribution in [-0.4, -0.2) is 35.1 Å². The van der Waals surface area contributed by atoms with Crippen molar-refractivity contribution in [1.82, 2.24) is 4.90 Å². The molecule has 0 atom stereocenters. The van der Waals surface area contributed by atoms with Crippen molar-refractivity contribution in [3.05, 3.63) is 28.2 Å². The lowest BCUT2D eigenvalue weighted by Gasteiger charge is -2.21. The molecule has 0 saturated heterocycles. The normalized spacial score (nSPS) is 10.1. The van der Waals surface area contributed by atoms with E-state index in [9.17, 15) is 9.59 Å². The number of halogens is 2. The number of carboxylic acids is 1. The Morgan fingerprint density at radius 1 is 1.32 bits per heavy atom. The van der Waals surface area contributed by atoms with E-state index in [0.717, 1.165) is 0 Å². The van der Waals surface area contributed by atoms with Gasteiger partial charge in [-0.1, -0.05) is 36.2 Å². The Bertz CT molecular complexity index is 460. The van der Waals surface area contributed by atoms with Crippen LogP contribution in [0.3, 0.4) is 0 Å². The van der Waals surface area contributed by atoms with Gasteiger partial charge in [-0.2, -0.15) is 0 Å². The summed E-state index contributed by atoms with van der Waals surface area (Å²) in [6, 6.07) is 4.29. The van der Waals surface area contributed by atoms with E-state index in [1.165, 1.54) is 4.90 Å². The summed E-state index contributed by atoms with van der Waals surface area (Å²) in [5.74, 6) is -1.08. The zero-order valence-electron chi connectivity index (χ0n) is 10.3. The van der Waals surface area contributed by atoms with Crippen LogP contribution in [-0.2, 0) is 4.79 Å². The van der Waals surface area contributed by atoms with Crippen molar-refractivity contribution in [3.63, 3.8) is 0 Å². The van der Waals surface area contributed by atoms with E-state index in [0.29, 0.717) is 23.0 Å². The summed E-state index contributed by atoms with van der Waals surface area (Å²) in [5.41, 5.74) is 0.280. The SMILES string of the molecule is CCCN(CC(=O)O)C(=O)Nc1c(Cl)cccc1Cl. The average Bonchev–Trinajstić information content (AvgIpc) is 2.32. The largest absolute Gasteiger partial charge is 0.480 e. The quantitative estimate of drug-likeness (QED) is 0.876. The number of rotatable bonds is 5. The number of hydrogen-bond acceptors (Lipinski definition) is 2. The minimum Gasteiger partial charge on any atom is -0.480 e. The molecule has 19 heavy (non-hydrogen) atoms. The number of carboxylic acid groups (broad SMARTS) is 1. The van der Waals surface area contributed by atoms with Gasteiger partial charge in [-0.3, -0.25) is 4.79 Å². The maximum atomic E-state index is 12.0. The first-order valence-corrected chi connectivity index (χ1v) is 6.43. The first-order chi connectivity index (χ1) is 8.95. The predicted octanol–water partition coefficient (Wildman–Crippen LogP) is 3.32. The molecular formula is C12H14Cl2N2O3. The van der Waals surface area contributed by atoms with Crippen molar-refractivity contribution in [2.75, 3.05) is 18.4 Å². The second kappa shape index (κ2) is 7.21. The fourth-order valence-electron chi connectivity index (χ4n) is 1.49. The van der Waals surface area contributed by atoms with Gasteiger partial charge in [0.2, 0.25) is 0 Å². The Hall–Kier alpha value is -1.46. The molecule has 0 spiro atoms. The third-order valence-electron chi connectivity index (χ3n) is 2.30. The molecule has 1 rings (SSSR count). The third-order valence-corrected chi connectivity index (χ3v) is 2.93. The lowest BCUT2D eigenvalue weighted by Crippen LogP contribution is -2.39. The van der Waals surface area contributed by atoms with Crippen molar-refractivity contribution in [1.29, 1.82) is 0 Å². The number of para-hydroxylation sites is 1. The van der Waals surface area contributed by atoms with Crippen LogP contribution in [0.2, 0.25) is 10.0 Å². The zero-order chi connectivity index (χ0) is 14.4. The van der Waals surface area contributed by atoms with E-state index in [4.69, 9.17) is 28.3 Å². The molecule has 0 fully saturated rings. The number of aliphatic carboxylic acids is 1. The molecule has 5 nitrogen and oxygen atoms in total. The van der Waals surface area contributed by atoms with Gasteiger partial charge in [0.05, 0.1) is 15.7 Å². The van der Waals surface area contributed by atoms with Crippen LogP contribution < -0.4 is 5.32 Å². The molecular weight excluding hydrogens is 291 g/mol. The molecule has 2 amide bonds. The van der Waals surface area contributed by atoms with Crippen LogP contribution in [0.15, 0.2) is 18.2 Å². The number of amides is 2. The molecule has 2 N–H and O–H groups in total. The highest BCUT2D eigenvalue weighted by Gasteiger charge is 2.18. The molecule has 104 valence electrons. The van der Waals surface area contributed by atoms with Crippen molar-refractivity contribution in [3.8, 4) is 0 Å². The van der Waals surface area contributed by atoms with Crippen LogP contribution in [0, 0.1) is 0 Å². The topological polar surface area (TPSA) is 69.6 Å². The zero-order valence-corrected chi connectivity index (χ0v) is 11.8. The fraction of sp³-hybridized carbons (Fsp3) is 0.333. The van der Waals surface area contributed by atoms with Gasteiger partial charge in [0.15, 0.2) is 0 Å². The van der Waals surface area contributed by atoms with Crippen LogP contribution in [0.1, 0.15) is 13.3 Å². The summed E-state index contributed by atoms with van der Waals surface area (Å²) in [6.45, 7) is 1.81. The second-order valence-electron chi connectivity index (χ2n) is 3.84. The molecule has 0 radical (unpaired) electrons. The maximum absolute atomic E-state index is 12.0. The predicted molar refractivity (Wildman–Crippen MR) is 75.0 cm³/mol. The van der Waals surface area contributed by atoms with E-state index in [-0.39, 0.29) is 12.2 Å². The summed E-state index contributed by atoms with van der Waals surface area (Å²) >= 11 is 11.9. The van der Waals surface area contributed by atoms with Crippen molar-refractivity contribution in [2.24, 2.45) is 0 Å². The van der Waals surface area contributed by atoms with E-state index in [2.05, 4.69) is 5.32 Å². The molecule has 1 aromatic rings. The minimum absolute atomic E-state index is 0.280. The fourth-order valence-corrected chi connectivity index (χ4v) is 1.98. The number of anilines is 1. The molecule has 1 aromatic carbocycles.